The van der Waals surface area contributed by atoms with Crippen LogP contribution < -0.4 is 5.84 Å². The summed E-state index contributed by atoms with van der Waals surface area (Å²) in [5.41, 5.74) is 1.20. The Bertz CT molecular complexity index is 353. The Labute approximate surface area is 95.9 Å². The molecule has 0 radical (unpaired) electrons. The summed E-state index contributed by atoms with van der Waals surface area (Å²) in [6.07, 6.45) is 4.24. The number of carboxylic acid groups (broad SMARTS) is 1. The third kappa shape index (κ3) is 1.28. The van der Waals surface area contributed by atoms with Gasteiger partial charge in [0.2, 0.25) is 0 Å². The molecule has 0 aromatic heterocycles. The van der Waals surface area contributed by atoms with Crippen molar-refractivity contribution in [3.8, 4) is 0 Å². The van der Waals surface area contributed by atoms with Gasteiger partial charge < -0.3 is 10.9 Å². The Hall–Kier alpha value is -1.06. The molecule has 2 fully saturated rings. The molecule has 0 heterocycles. The lowest BCUT2D eigenvalue weighted by atomic mass is 9.66. The van der Waals surface area contributed by atoms with E-state index in [1.807, 2.05) is 0 Å². The highest BCUT2D eigenvalue weighted by Crippen LogP contribution is 2.65. The highest BCUT2D eigenvalue weighted by atomic mass is 16.4. The van der Waals surface area contributed by atoms with Gasteiger partial charge >= 0.3 is 5.97 Å². The lowest BCUT2D eigenvalue weighted by Crippen LogP contribution is -2.35. The first kappa shape index (κ1) is 11.4. The van der Waals surface area contributed by atoms with Gasteiger partial charge in [0.1, 0.15) is 0 Å². The molecule has 2 rings (SSSR count). The summed E-state index contributed by atoms with van der Waals surface area (Å²) in [4.78, 5) is 10.7. The second kappa shape index (κ2) is 3.47. The molecule has 2 aliphatic carbocycles. The highest BCUT2D eigenvalue weighted by Gasteiger charge is 2.62. The van der Waals surface area contributed by atoms with Gasteiger partial charge in [-0.2, -0.15) is 5.10 Å². The van der Waals surface area contributed by atoms with Gasteiger partial charge in [-0.3, -0.25) is 4.79 Å². The van der Waals surface area contributed by atoms with Crippen molar-refractivity contribution in [1.29, 1.82) is 0 Å². The quantitative estimate of drug-likeness (QED) is 0.568. The zero-order valence-electron chi connectivity index (χ0n) is 9.99. The second-order valence-corrected chi connectivity index (χ2v) is 5.66. The minimum atomic E-state index is -0.706. The van der Waals surface area contributed by atoms with Crippen LogP contribution in [0.15, 0.2) is 5.10 Å². The number of carbonyl (C=O) groups is 1. The zero-order chi connectivity index (χ0) is 12.0. The van der Waals surface area contributed by atoms with Gasteiger partial charge in [0.05, 0.1) is 0 Å². The van der Waals surface area contributed by atoms with E-state index >= 15 is 0 Å². The molecule has 3 atom stereocenters. The Morgan fingerprint density at radius 2 is 2.31 bits per heavy atom. The molecule has 2 saturated carbocycles. The summed E-state index contributed by atoms with van der Waals surface area (Å²) in [7, 11) is 0. The van der Waals surface area contributed by atoms with Gasteiger partial charge in [-0.05, 0) is 37.0 Å². The molecule has 90 valence electrons. The molecule has 0 aromatic rings. The minimum Gasteiger partial charge on any atom is -0.481 e. The molecule has 0 aromatic carbocycles. The Morgan fingerprint density at radius 3 is 2.81 bits per heavy atom. The van der Waals surface area contributed by atoms with Crippen LogP contribution in [0.25, 0.3) is 0 Å². The van der Waals surface area contributed by atoms with Gasteiger partial charge in [-0.25, -0.2) is 0 Å². The molecule has 2 aliphatic rings. The topological polar surface area (TPSA) is 75.7 Å². The molecule has 16 heavy (non-hydrogen) atoms. The molecule has 4 heteroatoms. The molecule has 0 unspecified atom stereocenters. The van der Waals surface area contributed by atoms with Crippen LogP contribution in [0.5, 0.6) is 0 Å². The van der Waals surface area contributed by atoms with Crippen molar-refractivity contribution >= 4 is 11.7 Å². The van der Waals surface area contributed by atoms with Crippen molar-refractivity contribution in [2.45, 2.75) is 46.0 Å². The van der Waals surface area contributed by atoms with Crippen LogP contribution in [0.1, 0.15) is 46.0 Å². The Morgan fingerprint density at radius 1 is 1.62 bits per heavy atom. The van der Waals surface area contributed by atoms with Crippen LogP contribution in [-0.2, 0) is 4.79 Å². The van der Waals surface area contributed by atoms with Gasteiger partial charge in [0.15, 0.2) is 0 Å². The van der Waals surface area contributed by atoms with E-state index in [0.717, 1.165) is 25.0 Å². The van der Waals surface area contributed by atoms with E-state index in [2.05, 4.69) is 18.9 Å². The molecule has 2 bridgehead atoms. The molecule has 0 aliphatic heterocycles. The van der Waals surface area contributed by atoms with Crippen molar-refractivity contribution in [2.24, 2.45) is 27.7 Å². The summed E-state index contributed by atoms with van der Waals surface area (Å²) in [6.45, 7) is 4.42. The molecule has 0 spiro atoms. The molecule has 4 nitrogen and oxygen atoms in total. The maximum absolute atomic E-state index is 10.7. The number of hydrogen-bond donors (Lipinski definition) is 2. The summed E-state index contributed by atoms with van der Waals surface area (Å²) in [5, 5.41) is 12.8. The van der Waals surface area contributed by atoms with E-state index in [1.54, 1.807) is 0 Å². The number of hydrazone groups is 1. The van der Waals surface area contributed by atoms with E-state index in [9.17, 15) is 4.79 Å². The lowest BCUT2D eigenvalue weighted by Gasteiger charge is -2.37. The van der Waals surface area contributed by atoms with Crippen molar-refractivity contribution in [1.82, 2.24) is 0 Å². The van der Waals surface area contributed by atoms with Crippen molar-refractivity contribution in [3.63, 3.8) is 0 Å². The van der Waals surface area contributed by atoms with E-state index in [4.69, 9.17) is 10.9 Å². The number of nitrogens with zero attached hydrogens (tertiary/aromatic N) is 1. The average Bonchev–Trinajstić information content (AvgIpc) is 2.60. The monoisotopic (exact) mass is 224 g/mol. The number of aliphatic carboxylic acids is 1. The van der Waals surface area contributed by atoms with Crippen LogP contribution in [0, 0.1) is 16.7 Å². The zero-order valence-corrected chi connectivity index (χ0v) is 9.99. The molecule has 3 N–H and O–H groups in total. The number of rotatable bonds is 3. The summed E-state index contributed by atoms with van der Waals surface area (Å²) in [5.74, 6) is 5.32. The first-order chi connectivity index (χ1) is 7.44. The van der Waals surface area contributed by atoms with Crippen molar-refractivity contribution in [2.75, 3.05) is 0 Å². The largest absolute Gasteiger partial charge is 0.481 e. The Kier molecular flexibility index (Phi) is 2.48. The fourth-order valence-electron chi connectivity index (χ4n) is 3.82. The average molecular weight is 224 g/mol. The minimum absolute atomic E-state index is 0.0296. The predicted octanol–water partition coefficient (Wildman–Crippen LogP) is 1.99. The van der Waals surface area contributed by atoms with Gasteiger partial charge in [0.25, 0.3) is 0 Å². The highest BCUT2D eigenvalue weighted by molar-refractivity contribution is 5.94. The first-order valence-electron chi connectivity index (χ1n) is 5.93. The Balaban J connectivity index is 2.25. The van der Waals surface area contributed by atoms with Gasteiger partial charge in [0, 0.05) is 17.5 Å². The third-order valence-corrected chi connectivity index (χ3v) is 5.25. The maximum Gasteiger partial charge on any atom is 0.303 e. The lowest BCUT2D eigenvalue weighted by molar-refractivity contribution is -0.138. The van der Waals surface area contributed by atoms with Crippen LogP contribution in [0.2, 0.25) is 0 Å². The summed E-state index contributed by atoms with van der Waals surface area (Å²) >= 11 is 0. The predicted molar refractivity (Wildman–Crippen MR) is 62.0 cm³/mol. The molecular weight excluding hydrogens is 204 g/mol. The van der Waals surface area contributed by atoms with E-state index < -0.39 is 5.97 Å². The van der Waals surface area contributed by atoms with Gasteiger partial charge in [-0.1, -0.05) is 13.8 Å². The number of carboxylic acids is 1. The van der Waals surface area contributed by atoms with Gasteiger partial charge in [-0.15, -0.1) is 0 Å². The second-order valence-electron chi connectivity index (χ2n) is 5.66. The number of fused-ring (bicyclic) bond motifs is 2. The fraction of sp³-hybridized carbons (Fsp3) is 0.833. The van der Waals surface area contributed by atoms with Crippen LogP contribution in [0.4, 0.5) is 0 Å². The van der Waals surface area contributed by atoms with E-state index in [-0.39, 0.29) is 17.3 Å². The van der Waals surface area contributed by atoms with Crippen LogP contribution in [-0.4, -0.2) is 16.8 Å². The van der Waals surface area contributed by atoms with Crippen molar-refractivity contribution in [3.05, 3.63) is 0 Å². The first-order valence-corrected chi connectivity index (χ1v) is 5.93. The van der Waals surface area contributed by atoms with E-state index in [0.29, 0.717) is 5.92 Å². The number of hydrogen-bond acceptors (Lipinski definition) is 3. The summed E-state index contributed by atoms with van der Waals surface area (Å²) in [6, 6.07) is 0. The molecule has 0 amide bonds. The molecular formula is C12H20N2O2. The van der Waals surface area contributed by atoms with Crippen LogP contribution >= 0.6 is 0 Å². The maximum atomic E-state index is 10.7. The van der Waals surface area contributed by atoms with E-state index in [1.165, 1.54) is 6.42 Å². The molecule has 0 saturated heterocycles. The summed E-state index contributed by atoms with van der Waals surface area (Å²) < 4.78 is 0. The number of nitrogens with two attached hydrogens (primary N) is 1. The third-order valence-electron chi connectivity index (χ3n) is 5.25. The SMILES string of the molecule is C[C@@]12CC[C@@H](C/C1=N/N)[C@@]2(C)CCC(=O)O. The fourth-order valence-corrected chi connectivity index (χ4v) is 3.82. The normalized spacial score (nSPS) is 44.1. The smallest absolute Gasteiger partial charge is 0.303 e. The standard InChI is InChI=1S/C12H20N2O2/c1-11(6-4-10(15)16)8-3-5-12(11,2)9(7-8)14-13/h8H,3-7,13H2,1-2H3,(H,15,16)/b14-9-/t8-,11+,12+/m0/s1. The van der Waals surface area contributed by atoms with Crippen LogP contribution in [0.3, 0.4) is 0 Å². The van der Waals surface area contributed by atoms with Crippen molar-refractivity contribution < 1.29 is 9.90 Å².